The molecule has 0 atom stereocenters. The van der Waals surface area contributed by atoms with Crippen LogP contribution < -0.4 is 4.74 Å². The lowest BCUT2D eigenvalue weighted by Crippen LogP contribution is -2.03. The van der Waals surface area contributed by atoms with Gasteiger partial charge >= 0.3 is 0 Å². The Labute approximate surface area is 112 Å². The maximum atomic E-state index is 5.68. The number of fused-ring (bicyclic) bond motifs is 1. The molecule has 0 aliphatic heterocycles. The summed E-state index contributed by atoms with van der Waals surface area (Å²) in [4.78, 5) is 4.38. The summed E-state index contributed by atoms with van der Waals surface area (Å²) in [6, 6.07) is 18.1. The van der Waals surface area contributed by atoms with Crippen molar-refractivity contribution in [2.45, 2.75) is 13.0 Å². The average molecular weight is 252 g/mol. The Hall–Kier alpha value is -2.29. The number of ether oxygens (including phenoxy) is 1. The molecular formula is C16H16N2O. The molecule has 0 unspecified atom stereocenters. The fraction of sp³-hybridized carbons (Fsp3) is 0.188. The van der Waals surface area contributed by atoms with Crippen LogP contribution in [0, 0.1) is 0 Å². The second-order valence-corrected chi connectivity index (χ2v) is 4.44. The summed E-state index contributed by atoms with van der Waals surface area (Å²) in [5.74, 6) is 0.929. The van der Waals surface area contributed by atoms with E-state index in [0.717, 1.165) is 30.8 Å². The summed E-state index contributed by atoms with van der Waals surface area (Å²) in [6.07, 6.45) is 2.86. The molecule has 0 aliphatic rings. The number of nitrogens with zero attached hydrogens (tertiary/aromatic N) is 2. The van der Waals surface area contributed by atoms with Gasteiger partial charge in [0.05, 0.1) is 24.0 Å². The summed E-state index contributed by atoms with van der Waals surface area (Å²) < 4.78 is 7.85. The molecule has 3 rings (SSSR count). The van der Waals surface area contributed by atoms with Gasteiger partial charge in [-0.3, -0.25) is 0 Å². The molecule has 0 saturated heterocycles. The van der Waals surface area contributed by atoms with E-state index in [0.29, 0.717) is 0 Å². The van der Waals surface area contributed by atoms with Gasteiger partial charge in [0, 0.05) is 6.54 Å². The Morgan fingerprint density at radius 3 is 2.63 bits per heavy atom. The molecule has 19 heavy (non-hydrogen) atoms. The second kappa shape index (κ2) is 5.57. The van der Waals surface area contributed by atoms with E-state index in [1.54, 1.807) is 0 Å². The smallest absolute Gasteiger partial charge is 0.119 e. The standard InChI is InChI=1S/C16H16N2O/c1-2-7-14(8-3-1)19-12-6-11-18-13-17-15-9-4-5-10-16(15)18/h1-5,7-10,13H,6,11-12H2. The van der Waals surface area contributed by atoms with Crippen molar-refractivity contribution in [3.8, 4) is 5.75 Å². The van der Waals surface area contributed by atoms with Crippen molar-refractivity contribution < 1.29 is 4.74 Å². The Bertz CT molecular complexity index is 646. The highest BCUT2D eigenvalue weighted by atomic mass is 16.5. The SMILES string of the molecule is c1ccc(OCCCn2cnc3ccccc32)cc1. The third-order valence-corrected chi connectivity index (χ3v) is 3.08. The molecule has 0 fully saturated rings. The molecule has 0 radical (unpaired) electrons. The number of imidazole rings is 1. The van der Waals surface area contributed by atoms with Gasteiger partial charge in [0.15, 0.2) is 0 Å². The number of aryl methyl sites for hydroxylation is 1. The lowest BCUT2D eigenvalue weighted by atomic mass is 10.3. The van der Waals surface area contributed by atoms with Gasteiger partial charge in [-0.1, -0.05) is 30.3 Å². The molecule has 0 bridgehead atoms. The first-order valence-electron chi connectivity index (χ1n) is 6.51. The minimum Gasteiger partial charge on any atom is -0.494 e. The van der Waals surface area contributed by atoms with Gasteiger partial charge in [-0.05, 0) is 30.7 Å². The third kappa shape index (κ3) is 2.76. The van der Waals surface area contributed by atoms with E-state index in [-0.39, 0.29) is 0 Å². The van der Waals surface area contributed by atoms with Crippen LogP contribution in [0.1, 0.15) is 6.42 Å². The molecule has 1 aromatic heterocycles. The van der Waals surface area contributed by atoms with Crippen LogP contribution in [-0.2, 0) is 6.54 Å². The van der Waals surface area contributed by atoms with Crippen LogP contribution in [0.3, 0.4) is 0 Å². The molecule has 0 spiro atoms. The first-order chi connectivity index (χ1) is 9.43. The van der Waals surface area contributed by atoms with Crippen molar-refractivity contribution in [1.82, 2.24) is 9.55 Å². The van der Waals surface area contributed by atoms with E-state index < -0.39 is 0 Å². The van der Waals surface area contributed by atoms with Crippen LogP contribution in [0.2, 0.25) is 0 Å². The molecule has 0 aliphatic carbocycles. The van der Waals surface area contributed by atoms with E-state index in [2.05, 4.69) is 15.6 Å². The zero-order valence-electron chi connectivity index (χ0n) is 10.7. The van der Waals surface area contributed by atoms with Gasteiger partial charge in [0.25, 0.3) is 0 Å². The molecule has 0 saturated carbocycles. The number of aromatic nitrogens is 2. The zero-order valence-corrected chi connectivity index (χ0v) is 10.7. The molecule has 3 aromatic rings. The van der Waals surface area contributed by atoms with E-state index in [9.17, 15) is 0 Å². The maximum Gasteiger partial charge on any atom is 0.119 e. The van der Waals surface area contributed by atoms with Crippen LogP contribution in [0.25, 0.3) is 11.0 Å². The second-order valence-electron chi connectivity index (χ2n) is 4.44. The summed E-state index contributed by atoms with van der Waals surface area (Å²) in [5.41, 5.74) is 2.23. The molecule has 1 heterocycles. The molecule has 0 N–H and O–H groups in total. The fourth-order valence-electron chi connectivity index (χ4n) is 2.13. The van der Waals surface area contributed by atoms with E-state index >= 15 is 0 Å². The summed E-state index contributed by atoms with van der Waals surface area (Å²) in [6.45, 7) is 1.64. The maximum absolute atomic E-state index is 5.68. The molecular weight excluding hydrogens is 236 g/mol. The van der Waals surface area contributed by atoms with Crippen molar-refractivity contribution in [3.05, 3.63) is 60.9 Å². The highest BCUT2D eigenvalue weighted by Crippen LogP contribution is 2.13. The van der Waals surface area contributed by atoms with Gasteiger partial charge in [-0.25, -0.2) is 4.98 Å². The molecule has 2 aromatic carbocycles. The predicted octanol–water partition coefficient (Wildman–Crippen LogP) is 3.51. The summed E-state index contributed by atoms with van der Waals surface area (Å²) in [7, 11) is 0. The fourth-order valence-corrected chi connectivity index (χ4v) is 2.13. The van der Waals surface area contributed by atoms with Crippen molar-refractivity contribution in [2.24, 2.45) is 0 Å². The monoisotopic (exact) mass is 252 g/mol. The van der Waals surface area contributed by atoms with Crippen LogP contribution in [0.4, 0.5) is 0 Å². The molecule has 3 nitrogen and oxygen atoms in total. The minimum atomic E-state index is 0.719. The quantitative estimate of drug-likeness (QED) is 0.650. The van der Waals surface area contributed by atoms with Crippen molar-refractivity contribution >= 4 is 11.0 Å². The van der Waals surface area contributed by atoms with Crippen molar-refractivity contribution in [3.63, 3.8) is 0 Å². The van der Waals surface area contributed by atoms with E-state index in [1.165, 1.54) is 5.52 Å². The minimum absolute atomic E-state index is 0.719. The van der Waals surface area contributed by atoms with Crippen molar-refractivity contribution in [1.29, 1.82) is 0 Å². The summed E-state index contributed by atoms with van der Waals surface area (Å²) >= 11 is 0. The summed E-state index contributed by atoms with van der Waals surface area (Å²) in [5, 5.41) is 0. The highest BCUT2D eigenvalue weighted by Gasteiger charge is 2.00. The normalized spacial score (nSPS) is 10.7. The van der Waals surface area contributed by atoms with Crippen LogP contribution >= 0.6 is 0 Å². The number of benzene rings is 2. The number of para-hydroxylation sites is 3. The number of rotatable bonds is 5. The Balaban J connectivity index is 1.55. The average Bonchev–Trinajstić information content (AvgIpc) is 2.88. The van der Waals surface area contributed by atoms with Gasteiger partial charge < -0.3 is 9.30 Å². The lowest BCUT2D eigenvalue weighted by molar-refractivity contribution is 0.302. The Kier molecular flexibility index (Phi) is 3.45. The van der Waals surface area contributed by atoms with Crippen LogP contribution in [0.5, 0.6) is 5.75 Å². The lowest BCUT2D eigenvalue weighted by Gasteiger charge is -2.07. The number of hydrogen-bond donors (Lipinski definition) is 0. The zero-order chi connectivity index (χ0) is 12.9. The Morgan fingerprint density at radius 1 is 0.947 bits per heavy atom. The first kappa shape index (κ1) is 11.8. The van der Waals surface area contributed by atoms with Crippen LogP contribution in [-0.4, -0.2) is 16.2 Å². The first-order valence-corrected chi connectivity index (χ1v) is 6.51. The van der Waals surface area contributed by atoms with Gasteiger partial charge in [0.2, 0.25) is 0 Å². The highest BCUT2D eigenvalue weighted by molar-refractivity contribution is 5.74. The third-order valence-electron chi connectivity index (χ3n) is 3.08. The predicted molar refractivity (Wildman–Crippen MR) is 76.3 cm³/mol. The Morgan fingerprint density at radius 2 is 1.74 bits per heavy atom. The largest absolute Gasteiger partial charge is 0.494 e. The van der Waals surface area contributed by atoms with Crippen LogP contribution in [0.15, 0.2) is 60.9 Å². The van der Waals surface area contributed by atoms with Crippen molar-refractivity contribution in [2.75, 3.05) is 6.61 Å². The molecule has 3 heteroatoms. The van der Waals surface area contributed by atoms with Gasteiger partial charge in [-0.2, -0.15) is 0 Å². The number of hydrogen-bond acceptors (Lipinski definition) is 2. The van der Waals surface area contributed by atoms with Gasteiger partial charge in [0.1, 0.15) is 5.75 Å². The van der Waals surface area contributed by atoms with E-state index in [4.69, 9.17) is 4.74 Å². The van der Waals surface area contributed by atoms with E-state index in [1.807, 2.05) is 54.9 Å². The topological polar surface area (TPSA) is 27.1 Å². The molecule has 0 amide bonds. The molecule has 96 valence electrons. The van der Waals surface area contributed by atoms with Gasteiger partial charge in [-0.15, -0.1) is 0 Å².